The Hall–Kier alpha value is -2.05. The number of nitrogens with one attached hydrogen (secondary N) is 1. The predicted octanol–water partition coefficient (Wildman–Crippen LogP) is 1.85. The Morgan fingerprint density at radius 2 is 1.89 bits per heavy atom. The van der Waals surface area contributed by atoms with Gasteiger partial charge >= 0.3 is 7.12 Å². The minimum Gasteiger partial charge on any atom is -0.399 e. The summed E-state index contributed by atoms with van der Waals surface area (Å²) in [5.41, 5.74) is -0.393. The maximum atomic E-state index is 13.1. The van der Waals surface area contributed by atoms with E-state index in [-0.39, 0.29) is 19.2 Å². The molecule has 3 saturated heterocycles. The van der Waals surface area contributed by atoms with E-state index in [1.807, 2.05) is 33.8 Å². The Bertz CT molecular complexity index is 1220. The molecule has 0 unspecified atom stereocenters. The second-order valence-corrected chi connectivity index (χ2v) is 10.7. The molecule has 0 bridgehead atoms. The topological polar surface area (TPSA) is 81.1 Å². The number of aromatic nitrogens is 2. The number of hydrogen-bond donors (Lipinski definition) is 1. The van der Waals surface area contributed by atoms with Crippen LogP contribution in [0.4, 0.5) is 17.2 Å². The highest BCUT2D eigenvalue weighted by Crippen LogP contribution is 2.36. The van der Waals surface area contributed by atoms with Gasteiger partial charge in [0.2, 0.25) is 0 Å². The van der Waals surface area contributed by atoms with Gasteiger partial charge in [-0.05, 0) is 52.8 Å². The normalized spacial score (nSPS) is 25.4. The minimum absolute atomic E-state index is 0. The van der Waals surface area contributed by atoms with E-state index in [0.29, 0.717) is 23.4 Å². The number of aryl methyl sites for hydroxylation is 1. The van der Waals surface area contributed by atoms with Crippen molar-refractivity contribution in [2.24, 2.45) is 6.98 Å². The van der Waals surface area contributed by atoms with Crippen LogP contribution in [0.2, 0.25) is 0 Å². The molecule has 2 aromatic heterocycles. The molecule has 0 spiro atoms. The van der Waals surface area contributed by atoms with Crippen LogP contribution in [0.15, 0.2) is 35.4 Å². The van der Waals surface area contributed by atoms with Crippen LogP contribution in [-0.2, 0) is 21.0 Å². The molecule has 0 amide bonds. The van der Waals surface area contributed by atoms with Crippen molar-refractivity contribution < 1.29 is 18.2 Å². The van der Waals surface area contributed by atoms with Gasteiger partial charge in [0, 0.05) is 48.4 Å². The van der Waals surface area contributed by atoms with Crippen LogP contribution in [0.3, 0.4) is 0 Å². The van der Waals surface area contributed by atoms with Crippen molar-refractivity contribution in [3.63, 3.8) is 0 Å². The lowest BCUT2D eigenvalue weighted by atomic mass is 9.80. The first-order valence-corrected chi connectivity index (χ1v) is 12.2. The zero-order chi connectivity index (χ0) is 27.5. The average molecular weight is 519 g/mol. The summed E-state index contributed by atoms with van der Waals surface area (Å²) in [5.74, 6) is 0.437. The highest BCUT2D eigenvalue weighted by atomic mass is 32.1. The Balaban J connectivity index is 0.00000353. The van der Waals surface area contributed by atoms with E-state index in [9.17, 15) is 4.79 Å². The van der Waals surface area contributed by atoms with Gasteiger partial charge in [0.15, 0.2) is 0 Å². The molecule has 5 heterocycles. The van der Waals surface area contributed by atoms with E-state index < -0.39 is 30.9 Å². The van der Waals surface area contributed by atoms with Crippen LogP contribution in [-0.4, -0.2) is 77.7 Å². The first-order chi connectivity index (χ1) is 17.7. The summed E-state index contributed by atoms with van der Waals surface area (Å²) in [6, 6.07) is 6.20. The van der Waals surface area contributed by atoms with Gasteiger partial charge in [-0.15, -0.1) is 0 Å². The zero-order valence-electron chi connectivity index (χ0n) is 24.6. The lowest BCUT2D eigenvalue weighted by Crippen LogP contribution is -2.59. The van der Waals surface area contributed by atoms with Crippen molar-refractivity contribution in [2.75, 3.05) is 43.1 Å². The smallest absolute Gasteiger partial charge is 0.399 e. The molecule has 3 fully saturated rings. The molecule has 0 aliphatic carbocycles. The van der Waals surface area contributed by atoms with Crippen LogP contribution in [0.5, 0.6) is 0 Å². The van der Waals surface area contributed by atoms with Crippen molar-refractivity contribution in [2.45, 2.75) is 57.9 Å². The fourth-order valence-electron chi connectivity index (χ4n) is 4.70. The van der Waals surface area contributed by atoms with Crippen LogP contribution in [0.25, 0.3) is 0 Å². The molecule has 5 rings (SSSR count). The van der Waals surface area contributed by atoms with Gasteiger partial charge < -0.3 is 28.8 Å². The van der Waals surface area contributed by atoms with Gasteiger partial charge in [0.25, 0.3) is 5.56 Å². The molecule has 2 aromatic rings. The monoisotopic (exact) mass is 518 g/mol. The van der Waals surface area contributed by atoms with Crippen LogP contribution in [0.1, 0.15) is 38.7 Å². The van der Waals surface area contributed by atoms with Gasteiger partial charge in [0.1, 0.15) is 11.5 Å². The number of nitrogens with zero attached hydrogens (tertiary/aromatic N) is 4. The average Bonchev–Trinajstić information content (AvgIpc) is 3.01. The molecule has 196 valence electrons. The second kappa shape index (κ2) is 10.0. The molecule has 3 aliphatic heterocycles. The molecular weight excluding hydrogens is 477 g/mol. The highest BCUT2D eigenvalue weighted by Gasteiger charge is 2.52. The molecule has 0 radical (unpaired) electrons. The van der Waals surface area contributed by atoms with Crippen molar-refractivity contribution in [3.05, 3.63) is 40.9 Å². The quantitative estimate of drug-likeness (QED) is 0.601. The van der Waals surface area contributed by atoms with E-state index in [0.717, 1.165) is 43.1 Å². The molecule has 0 saturated carbocycles. The fraction of sp³-hybridized carbons (Fsp3) is 0.600. The summed E-state index contributed by atoms with van der Waals surface area (Å²) in [7, 11) is -0.822. The van der Waals surface area contributed by atoms with Crippen LogP contribution in [0, 0.1) is 0 Å². The third-order valence-electron chi connectivity index (χ3n) is 7.70. The molecule has 9 nitrogen and oxygen atoms in total. The third-order valence-corrected chi connectivity index (χ3v) is 7.70. The molecule has 36 heavy (non-hydrogen) atoms. The Morgan fingerprint density at radius 1 is 1.17 bits per heavy atom. The summed E-state index contributed by atoms with van der Waals surface area (Å²) in [4.78, 5) is 22.5. The Labute approximate surface area is 224 Å². The summed E-state index contributed by atoms with van der Waals surface area (Å²) in [6.07, 6.45) is 3.07. The van der Waals surface area contributed by atoms with Crippen molar-refractivity contribution in [3.8, 4) is 0 Å². The van der Waals surface area contributed by atoms with Crippen molar-refractivity contribution >= 4 is 43.3 Å². The van der Waals surface area contributed by atoms with Gasteiger partial charge in [0.05, 0.1) is 42.3 Å². The van der Waals surface area contributed by atoms with Gasteiger partial charge in [-0.25, -0.2) is 4.98 Å². The van der Waals surface area contributed by atoms with Crippen molar-refractivity contribution in [1.82, 2.24) is 14.5 Å². The molecule has 1 N–H and O–H groups in total. The zero-order valence-corrected chi connectivity index (χ0v) is 22.6. The number of rotatable bonds is 5. The number of anilines is 3. The van der Waals surface area contributed by atoms with E-state index in [4.69, 9.17) is 18.2 Å². The lowest BCUT2D eigenvalue weighted by Gasteiger charge is -2.46. The molecular formula is C25H38BN5O4S. The standard InChI is InChI=1S/C25H36BN5O4.H2S/c1-17-13-30(20-15-33-16-20)9-10-31(17)19-7-8-22(27-12-19)28-21-11-18(14-29(6)23(21)32)26-34-24(2,3)25(4,5)35-26;/h7-8,11-12,14,17,20H,9-10,13,15-16H2,1-6H3,(H,27,28);1H2/t17-;/m0./s1/i6D3;. The number of ether oxygens (including phenoxy) is 1. The first-order valence-electron chi connectivity index (χ1n) is 13.7. The second-order valence-electron chi connectivity index (χ2n) is 10.7. The van der Waals surface area contributed by atoms with Gasteiger partial charge in [-0.3, -0.25) is 9.69 Å². The third kappa shape index (κ3) is 5.04. The summed E-state index contributed by atoms with van der Waals surface area (Å²) < 4.78 is 42.0. The first kappa shape index (κ1) is 23.1. The molecule has 11 heteroatoms. The van der Waals surface area contributed by atoms with E-state index >= 15 is 0 Å². The summed E-state index contributed by atoms with van der Waals surface area (Å²) in [6.45, 7) is 11.7. The fourth-order valence-corrected chi connectivity index (χ4v) is 4.70. The van der Waals surface area contributed by atoms with Gasteiger partial charge in [-0.2, -0.15) is 13.5 Å². The Morgan fingerprint density at radius 3 is 2.44 bits per heavy atom. The minimum atomic E-state index is -2.67. The number of hydrogen-bond acceptors (Lipinski definition) is 8. The number of piperazine rings is 1. The maximum absolute atomic E-state index is 13.1. The summed E-state index contributed by atoms with van der Waals surface area (Å²) in [5, 5.41) is 3.02. The molecule has 0 aromatic carbocycles. The van der Waals surface area contributed by atoms with E-state index in [2.05, 4.69) is 27.0 Å². The van der Waals surface area contributed by atoms with Crippen LogP contribution < -0.4 is 21.2 Å². The van der Waals surface area contributed by atoms with Gasteiger partial charge in [-0.1, -0.05) is 0 Å². The Kier molecular flexibility index (Phi) is 6.43. The largest absolute Gasteiger partial charge is 0.496 e. The number of pyridine rings is 2. The lowest BCUT2D eigenvalue weighted by molar-refractivity contribution is -0.0691. The van der Waals surface area contributed by atoms with Crippen LogP contribution >= 0.6 is 13.5 Å². The SMILES string of the molecule is S.[2H]C([2H])([2H])n1cc(B2OC(C)(C)C(C)(C)O2)cc(Nc2ccc(N3CCN(C4COC4)C[C@@H]3C)cn2)c1=O. The molecule has 1 atom stereocenters. The molecule has 3 aliphatic rings. The predicted molar refractivity (Wildman–Crippen MR) is 148 cm³/mol. The highest BCUT2D eigenvalue weighted by molar-refractivity contribution is 7.59. The maximum Gasteiger partial charge on any atom is 0.496 e. The van der Waals surface area contributed by atoms with E-state index in [1.165, 1.54) is 6.20 Å². The van der Waals surface area contributed by atoms with E-state index in [1.54, 1.807) is 18.3 Å². The van der Waals surface area contributed by atoms with Crippen molar-refractivity contribution in [1.29, 1.82) is 0 Å². The summed E-state index contributed by atoms with van der Waals surface area (Å²) >= 11 is 0.